The number of hydrogen-bond acceptors (Lipinski definition) is 2. The van der Waals surface area contributed by atoms with Gasteiger partial charge in [-0.1, -0.05) is 33.1 Å². The molecule has 2 rings (SSSR count). The lowest BCUT2D eigenvalue weighted by atomic mass is 9.89. The maximum atomic E-state index is 12.1. The van der Waals surface area contributed by atoms with E-state index < -0.39 is 0 Å². The van der Waals surface area contributed by atoms with Crippen LogP contribution < -0.4 is 5.32 Å². The van der Waals surface area contributed by atoms with Crippen LogP contribution >= 0.6 is 0 Å². The Hall–Kier alpha value is -1.32. The summed E-state index contributed by atoms with van der Waals surface area (Å²) in [7, 11) is 0. The number of hydrogen-bond donors (Lipinski definition) is 1. The van der Waals surface area contributed by atoms with Crippen molar-refractivity contribution in [2.24, 2.45) is 11.8 Å². The number of imidazole rings is 1. The zero-order valence-electron chi connectivity index (χ0n) is 13.7. The zero-order valence-corrected chi connectivity index (χ0v) is 13.7. The van der Waals surface area contributed by atoms with Crippen molar-refractivity contribution in [2.45, 2.75) is 65.8 Å². The third-order valence-electron chi connectivity index (χ3n) is 4.27. The molecule has 0 atom stereocenters. The Balaban J connectivity index is 1.80. The fraction of sp³-hybridized carbons (Fsp3) is 0.765. The van der Waals surface area contributed by atoms with Crippen molar-refractivity contribution in [3.63, 3.8) is 0 Å². The second-order valence-corrected chi connectivity index (χ2v) is 6.81. The highest BCUT2D eigenvalue weighted by atomic mass is 16.1. The standard InChI is InChI=1S/C17H29N3O/c1-13(2)9-16-11-20(14(3)19-16)12-17(21)18-10-15-7-5-4-6-8-15/h11,13,15H,4-10,12H2,1-3H3,(H,18,21). The zero-order chi connectivity index (χ0) is 15.2. The highest BCUT2D eigenvalue weighted by Gasteiger charge is 2.15. The van der Waals surface area contributed by atoms with Gasteiger partial charge in [0.2, 0.25) is 5.91 Å². The summed E-state index contributed by atoms with van der Waals surface area (Å²) < 4.78 is 1.97. The molecule has 1 heterocycles. The average molecular weight is 291 g/mol. The van der Waals surface area contributed by atoms with Gasteiger partial charge in [0.25, 0.3) is 0 Å². The van der Waals surface area contributed by atoms with E-state index in [1.807, 2.05) is 17.7 Å². The van der Waals surface area contributed by atoms with Crippen LogP contribution in [0.5, 0.6) is 0 Å². The first-order chi connectivity index (χ1) is 10.0. The molecule has 0 bridgehead atoms. The lowest BCUT2D eigenvalue weighted by molar-refractivity contribution is -0.121. The van der Waals surface area contributed by atoms with Crippen LogP contribution in [0.25, 0.3) is 0 Å². The minimum atomic E-state index is 0.108. The van der Waals surface area contributed by atoms with E-state index >= 15 is 0 Å². The van der Waals surface area contributed by atoms with Gasteiger partial charge in [-0.3, -0.25) is 4.79 Å². The topological polar surface area (TPSA) is 46.9 Å². The second kappa shape index (κ2) is 7.62. The van der Waals surface area contributed by atoms with Gasteiger partial charge in [-0.25, -0.2) is 4.98 Å². The summed E-state index contributed by atoms with van der Waals surface area (Å²) in [5.74, 6) is 2.31. The van der Waals surface area contributed by atoms with Crippen LogP contribution in [-0.2, 0) is 17.8 Å². The first-order valence-electron chi connectivity index (χ1n) is 8.34. The monoisotopic (exact) mass is 291 g/mol. The number of amides is 1. The fourth-order valence-corrected chi connectivity index (χ4v) is 3.11. The molecule has 1 aliphatic rings. The highest BCUT2D eigenvalue weighted by Crippen LogP contribution is 2.22. The van der Waals surface area contributed by atoms with Gasteiger partial charge in [-0.05, 0) is 38.0 Å². The molecule has 4 heteroatoms. The molecule has 1 fully saturated rings. The molecule has 1 amide bonds. The molecule has 1 aliphatic carbocycles. The normalized spacial score (nSPS) is 16.4. The largest absolute Gasteiger partial charge is 0.354 e. The lowest BCUT2D eigenvalue weighted by Crippen LogP contribution is -2.32. The third-order valence-corrected chi connectivity index (χ3v) is 4.27. The summed E-state index contributed by atoms with van der Waals surface area (Å²) in [5, 5.41) is 3.09. The van der Waals surface area contributed by atoms with Crippen LogP contribution in [0.3, 0.4) is 0 Å². The van der Waals surface area contributed by atoms with E-state index in [0.29, 0.717) is 18.4 Å². The maximum Gasteiger partial charge on any atom is 0.239 e. The molecular formula is C17H29N3O. The fourth-order valence-electron chi connectivity index (χ4n) is 3.11. The van der Waals surface area contributed by atoms with Crippen molar-refractivity contribution in [3.8, 4) is 0 Å². The van der Waals surface area contributed by atoms with Crippen molar-refractivity contribution in [2.75, 3.05) is 6.54 Å². The van der Waals surface area contributed by atoms with E-state index in [1.54, 1.807) is 0 Å². The second-order valence-electron chi connectivity index (χ2n) is 6.81. The molecule has 21 heavy (non-hydrogen) atoms. The van der Waals surface area contributed by atoms with Crippen LogP contribution in [0.15, 0.2) is 6.20 Å². The molecule has 0 saturated heterocycles. The first kappa shape index (κ1) is 16.1. The first-order valence-corrected chi connectivity index (χ1v) is 8.34. The predicted octanol–water partition coefficient (Wildman–Crippen LogP) is 3.09. The molecule has 0 aliphatic heterocycles. The minimum Gasteiger partial charge on any atom is -0.354 e. The lowest BCUT2D eigenvalue weighted by Gasteiger charge is -2.21. The van der Waals surface area contributed by atoms with Crippen LogP contribution in [0.4, 0.5) is 0 Å². The van der Waals surface area contributed by atoms with Gasteiger partial charge >= 0.3 is 0 Å². The molecule has 4 nitrogen and oxygen atoms in total. The summed E-state index contributed by atoms with van der Waals surface area (Å²) in [6, 6.07) is 0. The Morgan fingerprint density at radius 2 is 2.10 bits per heavy atom. The van der Waals surface area contributed by atoms with Crippen molar-refractivity contribution in [1.29, 1.82) is 0 Å². The number of carbonyl (C=O) groups excluding carboxylic acids is 1. The molecule has 1 N–H and O–H groups in total. The highest BCUT2D eigenvalue weighted by molar-refractivity contribution is 5.75. The van der Waals surface area contributed by atoms with Crippen LogP contribution in [0.2, 0.25) is 0 Å². The van der Waals surface area contributed by atoms with Gasteiger partial charge in [0.15, 0.2) is 0 Å². The molecule has 1 aromatic heterocycles. The Kier molecular flexibility index (Phi) is 5.83. The molecule has 0 spiro atoms. The van der Waals surface area contributed by atoms with Crippen molar-refractivity contribution < 1.29 is 4.79 Å². The summed E-state index contributed by atoms with van der Waals surface area (Å²) >= 11 is 0. The smallest absolute Gasteiger partial charge is 0.239 e. The van der Waals surface area contributed by atoms with Gasteiger partial charge in [-0.2, -0.15) is 0 Å². The molecule has 0 radical (unpaired) electrons. The molecule has 0 unspecified atom stereocenters. The van der Waals surface area contributed by atoms with Crippen molar-refractivity contribution in [1.82, 2.24) is 14.9 Å². The molecule has 1 aromatic rings. The minimum absolute atomic E-state index is 0.108. The van der Waals surface area contributed by atoms with Gasteiger partial charge in [0, 0.05) is 12.7 Å². The number of aryl methyl sites for hydroxylation is 1. The SMILES string of the molecule is Cc1nc(CC(C)C)cn1CC(=O)NCC1CCCCC1. The number of rotatable bonds is 6. The Labute approximate surface area is 128 Å². The van der Waals surface area contributed by atoms with E-state index in [0.717, 1.165) is 24.5 Å². The molecule has 1 saturated carbocycles. The number of nitrogens with zero attached hydrogens (tertiary/aromatic N) is 2. The summed E-state index contributed by atoms with van der Waals surface area (Å²) in [5.41, 5.74) is 1.09. The van der Waals surface area contributed by atoms with Crippen LogP contribution in [-0.4, -0.2) is 22.0 Å². The van der Waals surface area contributed by atoms with Crippen molar-refractivity contribution in [3.05, 3.63) is 17.7 Å². The Morgan fingerprint density at radius 3 is 2.76 bits per heavy atom. The quantitative estimate of drug-likeness (QED) is 0.875. The van der Waals surface area contributed by atoms with Crippen molar-refractivity contribution >= 4 is 5.91 Å². The van der Waals surface area contributed by atoms with Crippen LogP contribution in [0, 0.1) is 18.8 Å². The van der Waals surface area contributed by atoms with E-state index in [9.17, 15) is 4.79 Å². The number of carbonyl (C=O) groups is 1. The van der Waals surface area contributed by atoms with E-state index in [1.165, 1.54) is 32.1 Å². The predicted molar refractivity (Wildman–Crippen MR) is 85.1 cm³/mol. The molecule has 0 aromatic carbocycles. The van der Waals surface area contributed by atoms with Crippen LogP contribution in [0.1, 0.15) is 57.5 Å². The van der Waals surface area contributed by atoms with Gasteiger partial charge in [0.05, 0.1) is 5.69 Å². The number of aromatic nitrogens is 2. The van der Waals surface area contributed by atoms with E-state index in [-0.39, 0.29) is 5.91 Å². The summed E-state index contributed by atoms with van der Waals surface area (Å²) in [6.45, 7) is 7.57. The van der Waals surface area contributed by atoms with Gasteiger partial charge < -0.3 is 9.88 Å². The summed E-state index contributed by atoms with van der Waals surface area (Å²) in [4.78, 5) is 16.6. The Bertz CT molecular complexity index is 459. The molecular weight excluding hydrogens is 262 g/mol. The Morgan fingerprint density at radius 1 is 1.38 bits per heavy atom. The summed E-state index contributed by atoms with van der Waals surface area (Å²) in [6.07, 6.45) is 9.52. The van der Waals surface area contributed by atoms with E-state index in [4.69, 9.17) is 0 Å². The number of nitrogens with one attached hydrogen (secondary N) is 1. The maximum absolute atomic E-state index is 12.1. The third kappa shape index (κ3) is 5.18. The van der Waals surface area contributed by atoms with Gasteiger partial charge in [0.1, 0.15) is 12.4 Å². The van der Waals surface area contributed by atoms with Gasteiger partial charge in [-0.15, -0.1) is 0 Å². The average Bonchev–Trinajstić information content (AvgIpc) is 2.76. The molecule has 118 valence electrons. The van der Waals surface area contributed by atoms with E-state index in [2.05, 4.69) is 24.1 Å².